The van der Waals surface area contributed by atoms with Gasteiger partial charge in [0.15, 0.2) is 0 Å². The van der Waals surface area contributed by atoms with E-state index in [1.807, 2.05) is 18.2 Å². The molecule has 1 aromatic rings. The van der Waals surface area contributed by atoms with Crippen molar-refractivity contribution in [2.75, 3.05) is 19.6 Å². The molecule has 1 amide bonds. The quantitative estimate of drug-likeness (QED) is 0.788. The number of hydrogen-bond donors (Lipinski definition) is 2. The first-order valence-electron chi connectivity index (χ1n) is 7.49. The largest absolute Gasteiger partial charge is 0.355 e. The maximum absolute atomic E-state index is 12.3. The smallest absolute Gasteiger partial charge is 0.233 e. The molecule has 0 bridgehead atoms. The van der Waals surface area contributed by atoms with Crippen molar-refractivity contribution in [3.8, 4) is 0 Å². The number of carbonyl (C=O) groups is 1. The summed E-state index contributed by atoms with van der Waals surface area (Å²) in [6, 6.07) is 10.2. The van der Waals surface area contributed by atoms with Gasteiger partial charge in [-0.1, -0.05) is 25.1 Å². The van der Waals surface area contributed by atoms with E-state index in [4.69, 9.17) is 0 Å². The van der Waals surface area contributed by atoms with Gasteiger partial charge in [0, 0.05) is 11.4 Å². The molecular formula is C16H25ClN2OS. The van der Waals surface area contributed by atoms with Gasteiger partial charge in [0.2, 0.25) is 5.91 Å². The summed E-state index contributed by atoms with van der Waals surface area (Å²) >= 11 is 1.66. The molecule has 2 rings (SSSR count). The molecule has 2 N–H and O–H groups in total. The Morgan fingerprint density at radius 3 is 2.81 bits per heavy atom. The Hall–Kier alpha value is -0.710. The monoisotopic (exact) mass is 328 g/mol. The predicted molar refractivity (Wildman–Crippen MR) is 92.2 cm³/mol. The van der Waals surface area contributed by atoms with Crippen molar-refractivity contribution in [1.29, 1.82) is 0 Å². The summed E-state index contributed by atoms with van der Waals surface area (Å²) in [5, 5.41) is 6.52. The second-order valence-corrected chi connectivity index (χ2v) is 6.56. The van der Waals surface area contributed by atoms with Crippen LogP contribution in [0.5, 0.6) is 0 Å². The topological polar surface area (TPSA) is 41.1 Å². The zero-order valence-corrected chi connectivity index (χ0v) is 14.1. The van der Waals surface area contributed by atoms with Crippen molar-refractivity contribution in [2.24, 2.45) is 5.92 Å². The molecule has 1 aromatic carbocycles. The lowest BCUT2D eigenvalue weighted by molar-refractivity contribution is -0.120. The molecule has 3 nitrogen and oxygen atoms in total. The van der Waals surface area contributed by atoms with E-state index >= 15 is 0 Å². The Morgan fingerprint density at radius 1 is 1.43 bits per heavy atom. The molecule has 2 atom stereocenters. The van der Waals surface area contributed by atoms with Crippen LogP contribution in [0.15, 0.2) is 35.2 Å². The fourth-order valence-corrected chi connectivity index (χ4v) is 3.44. The van der Waals surface area contributed by atoms with Gasteiger partial charge in [-0.05, 0) is 50.4 Å². The van der Waals surface area contributed by atoms with Crippen molar-refractivity contribution >= 4 is 30.1 Å². The second-order valence-electron chi connectivity index (χ2n) is 5.29. The van der Waals surface area contributed by atoms with Crippen LogP contribution in [-0.4, -0.2) is 30.8 Å². The molecule has 1 aliphatic heterocycles. The predicted octanol–water partition coefficient (Wildman–Crippen LogP) is 3.09. The van der Waals surface area contributed by atoms with E-state index in [0.717, 1.165) is 31.0 Å². The van der Waals surface area contributed by atoms with Crippen molar-refractivity contribution in [3.05, 3.63) is 30.3 Å². The van der Waals surface area contributed by atoms with E-state index in [0.29, 0.717) is 5.92 Å². The summed E-state index contributed by atoms with van der Waals surface area (Å²) in [4.78, 5) is 13.4. The van der Waals surface area contributed by atoms with E-state index < -0.39 is 0 Å². The third-order valence-electron chi connectivity index (χ3n) is 3.65. The Kier molecular flexibility index (Phi) is 8.81. The lowest BCUT2D eigenvalue weighted by Gasteiger charge is -2.24. The second kappa shape index (κ2) is 10.1. The number of hydrogen-bond acceptors (Lipinski definition) is 3. The van der Waals surface area contributed by atoms with Crippen molar-refractivity contribution in [3.63, 3.8) is 0 Å². The highest BCUT2D eigenvalue weighted by Gasteiger charge is 2.19. The van der Waals surface area contributed by atoms with Gasteiger partial charge < -0.3 is 10.6 Å². The van der Waals surface area contributed by atoms with E-state index in [1.165, 1.54) is 12.8 Å². The number of thioether (sulfide) groups is 1. The van der Waals surface area contributed by atoms with E-state index in [2.05, 4.69) is 29.7 Å². The van der Waals surface area contributed by atoms with Gasteiger partial charge >= 0.3 is 0 Å². The van der Waals surface area contributed by atoms with E-state index in [-0.39, 0.29) is 23.6 Å². The zero-order chi connectivity index (χ0) is 14.2. The first kappa shape index (κ1) is 18.3. The summed E-state index contributed by atoms with van der Waals surface area (Å²) in [5.74, 6) is 0.763. The van der Waals surface area contributed by atoms with Crippen LogP contribution in [0.3, 0.4) is 0 Å². The minimum atomic E-state index is 0. The van der Waals surface area contributed by atoms with Gasteiger partial charge in [-0.15, -0.1) is 24.2 Å². The summed E-state index contributed by atoms with van der Waals surface area (Å²) in [5.41, 5.74) is 0. The van der Waals surface area contributed by atoms with Gasteiger partial charge in [0.1, 0.15) is 0 Å². The van der Waals surface area contributed by atoms with Crippen LogP contribution in [0.1, 0.15) is 26.2 Å². The summed E-state index contributed by atoms with van der Waals surface area (Å²) in [6.45, 7) is 5.02. The maximum Gasteiger partial charge on any atom is 0.233 e. The van der Waals surface area contributed by atoms with Crippen LogP contribution in [0.2, 0.25) is 0 Å². The fraction of sp³-hybridized carbons (Fsp3) is 0.562. The third kappa shape index (κ3) is 6.29. The lowest BCUT2D eigenvalue weighted by Crippen LogP contribution is -2.40. The highest BCUT2D eigenvalue weighted by molar-refractivity contribution is 8.00. The number of rotatable bonds is 6. The first-order valence-corrected chi connectivity index (χ1v) is 8.37. The standard InChI is InChI=1S/C16H24N2OS.ClH/c1-2-15(20-14-8-4-3-5-9-14)16(19)18-12-13-7-6-10-17-11-13;/h3-5,8-9,13,15,17H,2,6-7,10-12H2,1H3,(H,18,19);1H. The van der Waals surface area contributed by atoms with Crippen LogP contribution in [0.25, 0.3) is 0 Å². The molecule has 2 unspecified atom stereocenters. The van der Waals surface area contributed by atoms with Gasteiger partial charge in [0.05, 0.1) is 5.25 Å². The Bertz CT molecular complexity index is 410. The Morgan fingerprint density at radius 2 is 2.19 bits per heavy atom. The molecule has 0 saturated carbocycles. The number of carbonyl (C=O) groups excluding carboxylic acids is 1. The number of piperidine rings is 1. The molecule has 0 aromatic heterocycles. The molecule has 1 fully saturated rings. The molecule has 1 heterocycles. The molecule has 0 radical (unpaired) electrons. The highest BCUT2D eigenvalue weighted by atomic mass is 35.5. The molecule has 21 heavy (non-hydrogen) atoms. The highest BCUT2D eigenvalue weighted by Crippen LogP contribution is 2.25. The average molecular weight is 329 g/mol. The van der Waals surface area contributed by atoms with E-state index in [9.17, 15) is 4.79 Å². The first-order chi connectivity index (χ1) is 9.79. The summed E-state index contributed by atoms with van der Waals surface area (Å²) in [7, 11) is 0. The minimum Gasteiger partial charge on any atom is -0.355 e. The Labute approximate surface area is 138 Å². The SMILES string of the molecule is CCC(Sc1ccccc1)C(=O)NCC1CCCNC1.Cl. The van der Waals surface area contributed by atoms with E-state index in [1.54, 1.807) is 11.8 Å². The zero-order valence-electron chi connectivity index (χ0n) is 12.5. The van der Waals surface area contributed by atoms with Crippen LogP contribution in [-0.2, 0) is 4.79 Å². The van der Waals surface area contributed by atoms with Crippen LogP contribution in [0.4, 0.5) is 0 Å². The molecule has 0 aliphatic carbocycles. The molecule has 0 spiro atoms. The van der Waals surface area contributed by atoms with Crippen molar-refractivity contribution in [2.45, 2.75) is 36.3 Å². The number of amides is 1. The Balaban J connectivity index is 0.00000220. The average Bonchev–Trinajstić information content (AvgIpc) is 2.52. The third-order valence-corrected chi connectivity index (χ3v) is 5.02. The van der Waals surface area contributed by atoms with Crippen LogP contribution >= 0.6 is 24.2 Å². The minimum absolute atomic E-state index is 0. The fourth-order valence-electron chi connectivity index (χ4n) is 2.44. The molecule has 1 aliphatic rings. The molecule has 1 saturated heterocycles. The number of nitrogens with one attached hydrogen (secondary N) is 2. The van der Waals surface area contributed by atoms with Gasteiger partial charge in [0.25, 0.3) is 0 Å². The summed E-state index contributed by atoms with van der Waals surface area (Å²) < 4.78 is 0. The van der Waals surface area contributed by atoms with Gasteiger partial charge in [-0.2, -0.15) is 0 Å². The maximum atomic E-state index is 12.3. The van der Waals surface area contributed by atoms with Gasteiger partial charge in [-0.25, -0.2) is 0 Å². The molecular weight excluding hydrogens is 304 g/mol. The molecule has 118 valence electrons. The van der Waals surface area contributed by atoms with Gasteiger partial charge in [-0.3, -0.25) is 4.79 Å². The lowest BCUT2D eigenvalue weighted by atomic mass is 10.00. The molecule has 5 heteroatoms. The number of halogens is 1. The normalized spacial score (nSPS) is 19.4. The van der Waals surface area contributed by atoms with Crippen molar-refractivity contribution in [1.82, 2.24) is 10.6 Å². The number of benzene rings is 1. The van der Waals surface area contributed by atoms with Crippen molar-refractivity contribution < 1.29 is 4.79 Å². The van der Waals surface area contributed by atoms with Crippen LogP contribution in [0, 0.1) is 5.92 Å². The van der Waals surface area contributed by atoms with Crippen LogP contribution < -0.4 is 10.6 Å². The summed E-state index contributed by atoms with van der Waals surface area (Å²) in [6.07, 6.45) is 3.29.